The van der Waals surface area contributed by atoms with Crippen LogP contribution in [-0.4, -0.2) is 54.8 Å². The minimum absolute atomic E-state index is 0.00178. The van der Waals surface area contributed by atoms with E-state index in [1.807, 2.05) is 12.1 Å². The molecule has 0 aliphatic carbocycles. The number of ether oxygens (including phenoxy) is 1. The number of carbonyl (C=O) groups is 1. The van der Waals surface area contributed by atoms with E-state index in [-0.39, 0.29) is 26.8 Å². The first-order chi connectivity index (χ1) is 16.6. The zero-order valence-corrected chi connectivity index (χ0v) is 21.1. The molecule has 11 heteroatoms. The lowest BCUT2D eigenvalue weighted by atomic mass is 10.2. The maximum absolute atomic E-state index is 13.4. The number of benzene rings is 3. The summed E-state index contributed by atoms with van der Waals surface area (Å²) >= 11 is 0. The summed E-state index contributed by atoms with van der Waals surface area (Å²) in [5, 5.41) is 2.64. The molecule has 0 fully saturated rings. The first-order valence-corrected chi connectivity index (χ1v) is 13.6. The number of anilines is 2. The average Bonchev–Trinajstić information content (AvgIpc) is 3.28. The predicted octanol–water partition coefficient (Wildman–Crippen LogP) is 2.95. The van der Waals surface area contributed by atoms with Crippen LogP contribution in [0.1, 0.15) is 15.9 Å². The smallest absolute Gasteiger partial charge is 0.264 e. The van der Waals surface area contributed by atoms with Gasteiger partial charge in [-0.15, -0.1) is 0 Å². The van der Waals surface area contributed by atoms with Crippen LogP contribution in [0.4, 0.5) is 11.4 Å². The van der Waals surface area contributed by atoms with Crippen molar-refractivity contribution in [3.8, 4) is 5.75 Å². The SMILES string of the molecule is COc1ccc(S(=O)(=O)N2CCc3ccccc32)cc1C(=O)Nc1cccc(S(=O)(=O)N(C)C)c1. The van der Waals surface area contributed by atoms with Crippen LogP contribution in [0.3, 0.4) is 0 Å². The molecule has 35 heavy (non-hydrogen) atoms. The molecule has 1 amide bonds. The zero-order chi connectivity index (χ0) is 25.4. The van der Waals surface area contributed by atoms with E-state index in [1.165, 1.54) is 61.9 Å². The van der Waals surface area contributed by atoms with Crippen molar-refractivity contribution in [3.63, 3.8) is 0 Å². The minimum Gasteiger partial charge on any atom is -0.496 e. The molecule has 0 spiro atoms. The van der Waals surface area contributed by atoms with Crippen molar-refractivity contribution in [1.82, 2.24) is 4.31 Å². The van der Waals surface area contributed by atoms with Gasteiger partial charge in [-0.2, -0.15) is 0 Å². The lowest BCUT2D eigenvalue weighted by Crippen LogP contribution is -2.29. The minimum atomic E-state index is -3.93. The Morgan fingerprint density at radius 2 is 1.69 bits per heavy atom. The number of sulfonamides is 2. The van der Waals surface area contributed by atoms with Crippen molar-refractivity contribution < 1.29 is 26.4 Å². The van der Waals surface area contributed by atoms with Crippen LogP contribution in [0.25, 0.3) is 0 Å². The molecule has 0 unspecified atom stereocenters. The van der Waals surface area contributed by atoms with Gasteiger partial charge in [0.25, 0.3) is 15.9 Å². The molecule has 0 radical (unpaired) electrons. The summed E-state index contributed by atoms with van der Waals surface area (Å²) in [6.45, 7) is 0.308. The Kier molecular flexibility index (Phi) is 6.58. The molecule has 1 N–H and O–H groups in total. The van der Waals surface area contributed by atoms with Crippen molar-refractivity contribution in [2.45, 2.75) is 16.2 Å². The van der Waals surface area contributed by atoms with E-state index in [9.17, 15) is 21.6 Å². The number of amides is 1. The largest absolute Gasteiger partial charge is 0.496 e. The van der Waals surface area contributed by atoms with Gasteiger partial charge in [0.1, 0.15) is 5.75 Å². The molecule has 184 valence electrons. The van der Waals surface area contributed by atoms with Crippen molar-refractivity contribution in [1.29, 1.82) is 0 Å². The topological polar surface area (TPSA) is 113 Å². The number of carbonyl (C=O) groups excluding carboxylic acids is 1. The van der Waals surface area contributed by atoms with Crippen LogP contribution in [0.15, 0.2) is 76.5 Å². The molecule has 0 saturated heterocycles. The van der Waals surface area contributed by atoms with E-state index in [4.69, 9.17) is 4.74 Å². The summed E-state index contributed by atoms with van der Waals surface area (Å²) in [6, 6.07) is 17.2. The van der Waals surface area contributed by atoms with E-state index in [1.54, 1.807) is 18.2 Å². The second-order valence-corrected chi connectivity index (χ2v) is 12.1. The highest BCUT2D eigenvalue weighted by Crippen LogP contribution is 2.34. The van der Waals surface area contributed by atoms with E-state index in [0.717, 1.165) is 9.87 Å². The van der Waals surface area contributed by atoms with Crippen LogP contribution < -0.4 is 14.4 Å². The Labute approximate surface area is 205 Å². The lowest BCUT2D eigenvalue weighted by molar-refractivity contribution is 0.102. The van der Waals surface area contributed by atoms with E-state index in [2.05, 4.69) is 5.32 Å². The van der Waals surface area contributed by atoms with Gasteiger partial charge in [0, 0.05) is 26.3 Å². The van der Waals surface area contributed by atoms with Crippen LogP contribution in [-0.2, 0) is 26.5 Å². The highest BCUT2D eigenvalue weighted by molar-refractivity contribution is 7.92. The van der Waals surface area contributed by atoms with E-state index in [0.29, 0.717) is 18.7 Å². The van der Waals surface area contributed by atoms with Crippen LogP contribution >= 0.6 is 0 Å². The molecule has 4 rings (SSSR count). The third-order valence-corrected chi connectivity index (χ3v) is 9.34. The Morgan fingerprint density at radius 3 is 2.40 bits per heavy atom. The van der Waals surface area contributed by atoms with Gasteiger partial charge in [0.15, 0.2) is 0 Å². The Hall–Kier alpha value is -3.41. The summed E-state index contributed by atoms with van der Waals surface area (Å²) in [5.41, 5.74) is 1.80. The highest BCUT2D eigenvalue weighted by Gasteiger charge is 2.31. The van der Waals surface area contributed by atoms with E-state index >= 15 is 0 Å². The number of para-hydroxylation sites is 1. The van der Waals surface area contributed by atoms with Gasteiger partial charge >= 0.3 is 0 Å². The average molecular weight is 516 g/mol. The number of hydrogen-bond acceptors (Lipinski definition) is 6. The van der Waals surface area contributed by atoms with Gasteiger partial charge in [0.2, 0.25) is 10.0 Å². The maximum atomic E-state index is 13.4. The Balaban J connectivity index is 1.67. The van der Waals surface area contributed by atoms with Crippen LogP contribution in [0, 0.1) is 0 Å². The molecular formula is C24H25N3O6S2. The van der Waals surface area contributed by atoms with Crippen molar-refractivity contribution >= 4 is 37.3 Å². The fraction of sp³-hybridized carbons (Fsp3) is 0.208. The number of hydrogen-bond donors (Lipinski definition) is 1. The molecule has 0 bridgehead atoms. The normalized spacial score (nSPS) is 13.5. The molecule has 0 aromatic heterocycles. The summed E-state index contributed by atoms with van der Waals surface area (Å²) in [6.07, 6.45) is 0.602. The zero-order valence-electron chi connectivity index (χ0n) is 19.4. The molecule has 3 aromatic carbocycles. The summed E-state index contributed by atoms with van der Waals surface area (Å²) in [7, 11) is -3.43. The van der Waals surface area contributed by atoms with Gasteiger partial charge in [0.05, 0.1) is 28.2 Å². The molecule has 1 heterocycles. The first-order valence-electron chi connectivity index (χ1n) is 10.7. The fourth-order valence-corrected chi connectivity index (χ4v) is 6.33. The van der Waals surface area contributed by atoms with Crippen molar-refractivity contribution in [3.05, 3.63) is 77.9 Å². The second-order valence-electron chi connectivity index (χ2n) is 8.09. The van der Waals surface area contributed by atoms with Crippen molar-refractivity contribution in [2.75, 3.05) is 37.4 Å². The lowest BCUT2D eigenvalue weighted by Gasteiger charge is -2.20. The maximum Gasteiger partial charge on any atom is 0.264 e. The number of rotatable bonds is 7. The Bertz CT molecular complexity index is 1500. The standard InChI is InChI=1S/C24H25N3O6S2/c1-26(2)34(29,30)19-9-6-8-18(15-19)25-24(28)21-16-20(11-12-23(21)33-3)35(31,32)27-14-13-17-7-4-5-10-22(17)27/h4-12,15-16H,13-14H2,1-3H3,(H,25,28). The van der Waals surface area contributed by atoms with Gasteiger partial charge in [-0.05, 0) is 54.4 Å². The predicted molar refractivity (Wildman–Crippen MR) is 133 cm³/mol. The molecular weight excluding hydrogens is 490 g/mol. The molecule has 0 saturated carbocycles. The van der Waals surface area contributed by atoms with Crippen molar-refractivity contribution in [2.24, 2.45) is 0 Å². The summed E-state index contributed by atoms with van der Waals surface area (Å²) < 4.78 is 59.4. The van der Waals surface area contributed by atoms with Crippen LogP contribution in [0.5, 0.6) is 5.75 Å². The molecule has 1 aliphatic heterocycles. The fourth-order valence-electron chi connectivity index (χ4n) is 3.85. The molecule has 0 atom stereocenters. The monoisotopic (exact) mass is 515 g/mol. The van der Waals surface area contributed by atoms with Crippen LogP contribution in [0.2, 0.25) is 0 Å². The third-order valence-electron chi connectivity index (χ3n) is 5.72. The van der Waals surface area contributed by atoms with Gasteiger partial charge in [-0.25, -0.2) is 21.1 Å². The number of nitrogens with one attached hydrogen (secondary N) is 1. The van der Waals surface area contributed by atoms with Gasteiger partial charge in [-0.3, -0.25) is 9.10 Å². The van der Waals surface area contributed by atoms with E-state index < -0.39 is 26.0 Å². The first kappa shape index (κ1) is 24.7. The number of nitrogens with zero attached hydrogens (tertiary/aromatic N) is 2. The quantitative estimate of drug-likeness (QED) is 0.518. The van der Waals surface area contributed by atoms with Gasteiger partial charge in [-0.1, -0.05) is 24.3 Å². The van der Waals surface area contributed by atoms with Gasteiger partial charge < -0.3 is 10.1 Å². The second kappa shape index (κ2) is 9.33. The highest BCUT2D eigenvalue weighted by atomic mass is 32.2. The number of fused-ring (bicyclic) bond motifs is 1. The molecule has 1 aliphatic rings. The molecule has 3 aromatic rings. The summed E-state index contributed by atoms with van der Waals surface area (Å²) in [4.78, 5) is 13.1. The Morgan fingerprint density at radius 1 is 0.943 bits per heavy atom. The third kappa shape index (κ3) is 4.62. The summed E-state index contributed by atoms with van der Waals surface area (Å²) in [5.74, 6) is -0.458. The number of methoxy groups -OCH3 is 1. The molecule has 9 nitrogen and oxygen atoms in total.